The van der Waals surface area contributed by atoms with Crippen LogP contribution in [0.5, 0.6) is 0 Å². The fourth-order valence-corrected chi connectivity index (χ4v) is 4.55. The predicted octanol–water partition coefficient (Wildman–Crippen LogP) is 5.06. The number of carboxylic acid groups (broad SMARTS) is 1. The number of hydrogen-bond donors (Lipinski definition) is 1. The van der Waals surface area contributed by atoms with Crippen molar-refractivity contribution in [3.05, 3.63) is 73.7 Å². The van der Waals surface area contributed by atoms with E-state index in [1.807, 2.05) is 0 Å². The molecule has 3 aromatic rings. The summed E-state index contributed by atoms with van der Waals surface area (Å²) in [5.74, 6) is -2.44. The first-order chi connectivity index (χ1) is 14.9. The van der Waals surface area contributed by atoms with Gasteiger partial charge in [0.05, 0.1) is 26.2 Å². The Morgan fingerprint density at radius 3 is 2.28 bits per heavy atom. The summed E-state index contributed by atoms with van der Waals surface area (Å²) in [4.78, 5) is 25.2. The van der Waals surface area contributed by atoms with Crippen molar-refractivity contribution in [3.8, 4) is 22.4 Å². The van der Waals surface area contributed by atoms with E-state index in [0.717, 1.165) is 12.3 Å². The Balaban J connectivity index is 2.44. The number of rotatable bonds is 5. The van der Waals surface area contributed by atoms with Gasteiger partial charge in [0.25, 0.3) is 0 Å². The molecular weight excluding hydrogens is 480 g/mol. The summed E-state index contributed by atoms with van der Waals surface area (Å²) < 4.78 is 40.0. The molecule has 0 saturated heterocycles. The van der Waals surface area contributed by atoms with Crippen LogP contribution in [-0.2, 0) is 16.4 Å². The van der Waals surface area contributed by atoms with E-state index < -0.39 is 32.6 Å². The molecule has 32 heavy (non-hydrogen) atoms. The van der Waals surface area contributed by atoms with Crippen molar-refractivity contribution in [1.29, 1.82) is 0 Å². The number of benzene rings is 2. The second-order valence-corrected chi connectivity index (χ2v) is 9.94. The van der Waals surface area contributed by atoms with Crippen molar-refractivity contribution in [1.82, 2.24) is 4.57 Å². The third kappa shape index (κ3) is 4.18. The molecule has 0 amide bonds. The van der Waals surface area contributed by atoms with Crippen LogP contribution in [-0.4, -0.2) is 30.3 Å². The smallest absolute Gasteiger partial charge is 0.341 e. The van der Waals surface area contributed by atoms with Crippen molar-refractivity contribution in [2.24, 2.45) is 0 Å². The Bertz CT molecular complexity index is 1430. The van der Waals surface area contributed by atoms with Crippen LogP contribution < -0.4 is 5.43 Å². The van der Waals surface area contributed by atoms with Crippen molar-refractivity contribution in [3.63, 3.8) is 0 Å². The Morgan fingerprint density at radius 2 is 1.78 bits per heavy atom. The van der Waals surface area contributed by atoms with E-state index in [1.165, 1.54) is 24.3 Å². The third-order valence-corrected chi connectivity index (χ3v) is 6.94. The van der Waals surface area contributed by atoms with E-state index in [0.29, 0.717) is 11.3 Å². The number of carbonyl (C=O) groups is 1. The van der Waals surface area contributed by atoms with Crippen LogP contribution in [0, 0.1) is 12.7 Å². The zero-order valence-corrected chi connectivity index (χ0v) is 19.6. The summed E-state index contributed by atoms with van der Waals surface area (Å²) in [6.45, 7) is 3.58. The van der Waals surface area contributed by atoms with Crippen LogP contribution in [0.15, 0.2) is 46.1 Å². The zero-order chi connectivity index (χ0) is 24.0. The van der Waals surface area contributed by atoms with E-state index in [4.69, 9.17) is 23.2 Å². The molecular formula is C22H18Cl2FNO5S. The van der Waals surface area contributed by atoms with Crippen LogP contribution in [0.1, 0.15) is 23.0 Å². The molecule has 10 heteroatoms. The second-order valence-electron chi connectivity index (χ2n) is 7.11. The second kappa shape index (κ2) is 8.69. The molecule has 0 atom stereocenters. The molecule has 168 valence electrons. The van der Waals surface area contributed by atoms with E-state index in [9.17, 15) is 27.5 Å². The highest BCUT2D eigenvalue weighted by atomic mass is 35.5. The molecule has 0 fully saturated rings. The number of pyridine rings is 1. The Hall–Kier alpha value is -2.68. The molecule has 0 radical (unpaired) electrons. The molecule has 0 aliphatic rings. The van der Waals surface area contributed by atoms with E-state index >= 15 is 0 Å². The Labute approximate surface area is 193 Å². The maximum atomic E-state index is 14.9. The molecule has 0 aliphatic heterocycles. The van der Waals surface area contributed by atoms with E-state index in [-0.39, 0.29) is 38.3 Å². The van der Waals surface area contributed by atoms with Gasteiger partial charge >= 0.3 is 5.97 Å². The first-order valence-electron chi connectivity index (χ1n) is 9.34. The van der Waals surface area contributed by atoms with Gasteiger partial charge in [0, 0.05) is 29.6 Å². The zero-order valence-electron chi connectivity index (χ0n) is 17.2. The Kier molecular flexibility index (Phi) is 6.51. The minimum atomic E-state index is -3.67. The molecule has 0 aliphatic carbocycles. The lowest BCUT2D eigenvalue weighted by Gasteiger charge is -2.21. The van der Waals surface area contributed by atoms with Gasteiger partial charge in [0.1, 0.15) is 11.4 Å². The van der Waals surface area contributed by atoms with Crippen molar-refractivity contribution >= 4 is 39.0 Å². The van der Waals surface area contributed by atoms with Gasteiger partial charge in [-0.3, -0.25) is 4.79 Å². The SMILES string of the molecule is CCn1c(C)c(-c2ccc(S(C)(=O)=O)cc2F)c(=O)c(C(=O)O)c1-c1ccc(Cl)c(Cl)c1. The Morgan fingerprint density at radius 1 is 1.12 bits per heavy atom. The molecule has 0 bridgehead atoms. The highest BCUT2D eigenvalue weighted by Gasteiger charge is 2.27. The highest BCUT2D eigenvalue weighted by Crippen LogP contribution is 2.34. The summed E-state index contributed by atoms with van der Waals surface area (Å²) in [5.41, 5.74) is -1.02. The molecule has 0 unspecified atom stereocenters. The standard InChI is InChI=1S/C22H18Cl2FNO5S/c1-4-26-11(2)18(14-7-6-13(10-17(14)25)32(3,30)31)21(27)19(22(28)29)20(26)12-5-8-15(23)16(24)9-12/h5-10H,4H2,1-3H3,(H,28,29). The fraction of sp³-hybridized carbons (Fsp3) is 0.182. The van der Waals surface area contributed by atoms with Gasteiger partial charge in [-0.2, -0.15) is 0 Å². The predicted molar refractivity (Wildman–Crippen MR) is 122 cm³/mol. The number of aromatic carboxylic acids is 1. The van der Waals surface area contributed by atoms with Gasteiger partial charge in [0.15, 0.2) is 9.84 Å². The summed E-state index contributed by atoms with van der Waals surface area (Å²) in [5, 5.41) is 10.3. The highest BCUT2D eigenvalue weighted by molar-refractivity contribution is 7.90. The number of carboxylic acids is 1. The first kappa shape index (κ1) is 24.0. The van der Waals surface area contributed by atoms with Crippen LogP contribution >= 0.6 is 23.2 Å². The molecule has 2 aromatic carbocycles. The normalized spacial score (nSPS) is 11.6. The van der Waals surface area contributed by atoms with Crippen LogP contribution in [0.2, 0.25) is 10.0 Å². The van der Waals surface area contributed by atoms with Crippen molar-refractivity contribution in [2.45, 2.75) is 25.3 Å². The number of sulfone groups is 1. The number of hydrogen-bond acceptors (Lipinski definition) is 4. The molecule has 6 nitrogen and oxygen atoms in total. The molecule has 0 spiro atoms. The number of halogens is 3. The molecule has 1 aromatic heterocycles. The summed E-state index contributed by atoms with van der Waals surface area (Å²) >= 11 is 12.1. The van der Waals surface area contributed by atoms with Gasteiger partial charge in [-0.25, -0.2) is 17.6 Å². The molecule has 1 heterocycles. The van der Waals surface area contributed by atoms with E-state index in [2.05, 4.69) is 0 Å². The monoisotopic (exact) mass is 497 g/mol. The van der Waals surface area contributed by atoms with Crippen LogP contribution in [0.25, 0.3) is 22.4 Å². The largest absolute Gasteiger partial charge is 0.477 e. The summed E-state index contributed by atoms with van der Waals surface area (Å²) in [7, 11) is -3.67. The topological polar surface area (TPSA) is 93.4 Å². The van der Waals surface area contributed by atoms with Gasteiger partial charge in [-0.15, -0.1) is 0 Å². The lowest BCUT2D eigenvalue weighted by molar-refractivity contribution is 0.0695. The summed E-state index contributed by atoms with van der Waals surface area (Å²) in [6, 6.07) is 7.64. The lowest BCUT2D eigenvalue weighted by atomic mass is 9.96. The number of nitrogens with zero attached hydrogens (tertiary/aromatic N) is 1. The van der Waals surface area contributed by atoms with Gasteiger partial charge < -0.3 is 9.67 Å². The van der Waals surface area contributed by atoms with Crippen molar-refractivity contribution < 1.29 is 22.7 Å². The maximum Gasteiger partial charge on any atom is 0.341 e. The van der Waals surface area contributed by atoms with E-state index in [1.54, 1.807) is 24.5 Å². The number of aromatic nitrogens is 1. The average molecular weight is 498 g/mol. The fourth-order valence-electron chi connectivity index (χ4n) is 3.62. The van der Waals surface area contributed by atoms with Gasteiger partial charge in [0.2, 0.25) is 5.43 Å². The average Bonchev–Trinajstić information content (AvgIpc) is 2.69. The summed E-state index contributed by atoms with van der Waals surface area (Å²) in [6.07, 6.45) is 0.936. The minimum Gasteiger partial charge on any atom is -0.477 e. The minimum absolute atomic E-state index is 0.109. The maximum absolute atomic E-state index is 14.9. The third-order valence-electron chi connectivity index (χ3n) is 5.09. The molecule has 3 rings (SSSR count). The van der Waals surface area contributed by atoms with Crippen LogP contribution in [0.3, 0.4) is 0 Å². The van der Waals surface area contributed by atoms with Crippen LogP contribution in [0.4, 0.5) is 4.39 Å². The molecule has 0 saturated carbocycles. The lowest BCUT2D eigenvalue weighted by Crippen LogP contribution is -2.25. The van der Waals surface area contributed by atoms with Gasteiger partial charge in [-0.05, 0) is 44.2 Å². The van der Waals surface area contributed by atoms with Gasteiger partial charge in [-0.1, -0.05) is 29.3 Å². The first-order valence-corrected chi connectivity index (χ1v) is 12.0. The van der Waals surface area contributed by atoms with Crippen molar-refractivity contribution in [2.75, 3.05) is 6.26 Å². The molecule has 1 N–H and O–H groups in total. The quantitative estimate of drug-likeness (QED) is 0.531.